The van der Waals surface area contributed by atoms with Crippen molar-refractivity contribution in [2.24, 2.45) is 0 Å². The third-order valence-electron chi connectivity index (χ3n) is 3.28. The fraction of sp³-hybridized carbons (Fsp3) is 0.417. The van der Waals surface area contributed by atoms with Crippen molar-refractivity contribution in [1.29, 1.82) is 0 Å². The summed E-state index contributed by atoms with van der Waals surface area (Å²) in [6.45, 7) is 0.176. The first kappa shape index (κ1) is 16.5. The number of carboxylic acids is 1. The molecular formula is C12H13BrClNO5S. The molecular weight excluding hydrogens is 386 g/mol. The van der Waals surface area contributed by atoms with Crippen molar-refractivity contribution in [3.8, 4) is 5.75 Å². The van der Waals surface area contributed by atoms with E-state index in [1.165, 1.54) is 19.2 Å². The molecule has 0 unspecified atom stereocenters. The lowest BCUT2D eigenvalue weighted by Crippen LogP contribution is -2.40. The van der Waals surface area contributed by atoms with Gasteiger partial charge in [0.2, 0.25) is 10.0 Å². The number of aliphatic carboxylic acids is 1. The first-order valence-electron chi connectivity index (χ1n) is 6.06. The number of sulfonamides is 1. The SMILES string of the molecule is COc1cc(Br)c(S(=O)(=O)N2CCC[C@@H]2C(=O)O)cc1Cl. The summed E-state index contributed by atoms with van der Waals surface area (Å²) in [6.07, 6.45) is 0.813. The van der Waals surface area contributed by atoms with Gasteiger partial charge >= 0.3 is 5.97 Å². The first-order valence-corrected chi connectivity index (χ1v) is 8.68. The number of hydrogen-bond donors (Lipinski definition) is 1. The van der Waals surface area contributed by atoms with Crippen LogP contribution in [0.3, 0.4) is 0 Å². The van der Waals surface area contributed by atoms with E-state index in [9.17, 15) is 13.2 Å². The minimum atomic E-state index is -3.95. The van der Waals surface area contributed by atoms with Gasteiger partial charge in [0.15, 0.2) is 0 Å². The van der Waals surface area contributed by atoms with Gasteiger partial charge in [-0.3, -0.25) is 4.79 Å². The fourth-order valence-electron chi connectivity index (χ4n) is 2.27. The third kappa shape index (κ3) is 3.03. The quantitative estimate of drug-likeness (QED) is 0.841. The Labute approximate surface area is 135 Å². The van der Waals surface area contributed by atoms with Crippen molar-refractivity contribution in [3.63, 3.8) is 0 Å². The Kier molecular flexibility index (Phi) is 4.82. The molecule has 1 fully saturated rings. The molecule has 116 valence electrons. The Bertz CT molecular complexity index is 678. The highest BCUT2D eigenvalue weighted by molar-refractivity contribution is 9.10. The average molecular weight is 399 g/mol. The van der Waals surface area contributed by atoms with Gasteiger partial charge in [-0.2, -0.15) is 4.31 Å². The van der Waals surface area contributed by atoms with Crippen molar-refractivity contribution in [3.05, 3.63) is 21.6 Å². The number of carbonyl (C=O) groups is 1. The summed E-state index contributed by atoms with van der Waals surface area (Å²) in [4.78, 5) is 11.1. The lowest BCUT2D eigenvalue weighted by molar-refractivity contribution is -0.140. The number of benzene rings is 1. The van der Waals surface area contributed by atoms with E-state index in [-0.39, 0.29) is 20.9 Å². The molecule has 0 aromatic heterocycles. The van der Waals surface area contributed by atoms with Gasteiger partial charge < -0.3 is 9.84 Å². The molecule has 9 heteroatoms. The van der Waals surface area contributed by atoms with Crippen molar-refractivity contribution in [2.75, 3.05) is 13.7 Å². The Hall–Kier alpha value is -0.830. The Morgan fingerprint density at radius 1 is 1.52 bits per heavy atom. The maximum Gasteiger partial charge on any atom is 0.322 e. The molecule has 0 radical (unpaired) electrons. The van der Waals surface area contributed by atoms with Crippen LogP contribution in [0.15, 0.2) is 21.5 Å². The van der Waals surface area contributed by atoms with Gasteiger partial charge in [0.25, 0.3) is 0 Å². The number of nitrogens with zero attached hydrogens (tertiary/aromatic N) is 1. The number of methoxy groups -OCH3 is 1. The standard InChI is InChI=1S/C12H13BrClNO5S/c1-20-10-5-7(13)11(6-8(10)14)21(18,19)15-4-2-3-9(15)12(16)17/h5-6,9H,2-4H2,1H3,(H,16,17)/t9-/m1/s1. The van der Waals surface area contributed by atoms with E-state index in [1.807, 2.05) is 0 Å². The highest BCUT2D eigenvalue weighted by atomic mass is 79.9. The summed E-state index contributed by atoms with van der Waals surface area (Å²) in [7, 11) is -2.53. The topological polar surface area (TPSA) is 83.9 Å². The van der Waals surface area contributed by atoms with Crippen LogP contribution in [0.1, 0.15) is 12.8 Å². The fourth-order valence-corrected chi connectivity index (χ4v) is 5.23. The molecule has 0 bridgehead atoms. The maximum absolute atomic E-state index is 12.7. The molecule has 2 rings (SSSR count). The van der Waals surface area contributed by atoms with Crippen LogP contribution in [0.25, 0.3) is 0 Å². The van der Waals surface area contributed by atoms with Crippen LogP contribution < -0.4 is 4.74 Å². The molecule has 0 aliphatic carbocycles. The Morgan fingerprint density at radius 2 is 2.19 bits per heavy atom. The summed E-state index contributed by atoms with van der Waals surface area (Å²) in [6, 6.07) is 1.67. The van der Waals surface area contributed by atoms with Crippen LogP contribution in [0.4, 0.5) is 0 Å². The highest BCUT2D eigenvalue weighted by Crippen LogP contribution is 2.36. The van der Waals surface area contributed by atoms with Gasteiger partial charge in [-0.1, -0.05) is 11.6 Å². The molecule has 0 saturated carbocycles. The van der Waals surface area contributed by atoms with E-state index in [1.54, 1.807) is 0 Å². The number of ether oxygens (including phenoxy) is 1. The zero-order chi connectivity index (χ0) is 15.8. The smallest absolute Gasteiger partial charge is 0.322 e. The predicted octanol–water partition coefficient (Wildman–Crippen LogP) is 2.35. The van der Waals surface area contributed by atoms with Crippen LogP contribution in [-0.4, -0.2) is 43.5 Å². The minimum Gasteiger partial charge on any atom is -0.495 e. The lowest BCUT2D eigenvalue weighted by Gasteiger charge is -2.22. The van der Waals surface area contributed by atoms with Gasteiger partial charge in [0.05, 0.1) is 17.0 Å². The van der Waals surface area contributed by atoms with Gasteiger partial charge in [-0.05, 0) is 40.9 Å². The van der Waals surface area contributed by atoms with Crippen molar-refractivity contribution >= 4 is 43.5 Å². The van der Waals surface area contributed by atoms with Gasteiger partial charge in [-0.25, -0.2) is 8.42 Å². The normalized spacial score (nSPS) is 19.7. The van der Waals surface area contributed by atoms with Crippen molar-refractivity contribution < 1.29 is 23.1 Å². The van der Waals surface area contributed by atoms with Crippen LogP contribution in [0.5, 0.6) is 5.75 Å². The summed E-state index contributed by atoms with van der Waals surface area (Å²) in [5.74, 6) is -0.814. The number of carboxylic acid groups (broad SMARTS) is 1. The second-order valence-corrected chi connectivity index (χ2v) is 7.65. The minimum absolute atomic E-state index is 0.0681. The number of rotatable bonds is 4. The summed E-state index contributed by atoms with van der Waals surface area (Å²) in [5, 5.41) is 9.28. The molecule has 1 saturated heterocycles. The molecule has 1 N–H and O–H groups in total. The van der Waals surface area contributed by atoms with Gasteiger partial charge in [0.1, 0.15) is 11.8 Å². The highest BCUT2D eigenvalue weighted by Gasteiger charge is 2.40. The van der Waals surface area contributed by atoms with E-state index >= 15 is 0 Å². The van der Waals surface area contributed by atoms with E-state index in [0.717, 1.165) is 4.31 Å². The maximum atomic E-state index is 12.7. The van der Waals surface area contributed by atoms with Crippen LogP contribution in [0, 0.1) is 0 Å². The van der Waals surface area contributed by atoms with Crippen LogP contribution >= 0.6 is 27.5 Å². The molecule has 6 nitrogen and oxygen atoms in total. The van der Waals surface area contributed by atoms with Crippen LogP contribution in [-0.2, 0) is 14.8 Å². The third-order valence-corrected chi connectivity index (χ3v) is 6.44. The molecule has 21 heavy (non-hydrogen) atoms. The van der Waals surface area contributed by atoms with E-state index < -0.39 is 22.0 Å². The van der Waals surface area contributed by atoms with E-state index in [4.69, 9.17) is 21.4 Å². The zero-order valence-corrected chi connectivity index (χ0v) is 14.2. The van der Waals surface area contributed by atoms with E-state index in [2.05, 4.69) is 15.9 Å². The average Bonchev–Trinajstić information content (AvgIpc) is 2.91. The van der Waals surface area contributed by atoms with Gasteiger partial charge in [0, 0.05) is 11.0 Å². The lowest BCUT2D eigenvalue weighted by atomic mass is 10.2. The molecule has 0 spiro atoms. The molecule has 1 aromatic carbocycles. The molecule has 1 aliphatic heterocycles. The molecule has 1 atom stereocenters. The van der Waals surface area contributed by atoms with Crippen LogP contribution in [0.2, 0.25) is 5.02 Å². The van der Waals surface area contributed by atoms with E-state index in [0.29, 0.717) is 18.6 Å². The predicted molar refractivity (Wildman–Crippen MR) is 80.3 cm³/mol. The molecule has 1 aliphatic rings. The number of halogens is 2. The Balaban J connectivity index is 2.49. The van der Waals surface area contributed by atoms with Crippen molar-refractivity contribution in [1.82, 2.24) is 4.31 Å². The summed E-state index contributed by atoms with van der Waals surface area (Å²) in [5.41, 5.74) is 0. The molecule has 1 aromatic rings. The summed E-state index contributed by atoms with van der Waals surface area (Å²) < 4.78 is 31.6. The largest absolute Gasteiger partial charge is 0.495 e. The molecule has 1 heterocycles. The second kappa shape index (κ2) is 6.12. The molecule has 0 amide bonds. The zero-order valence-electron chi connectivity index (χ0n) is 11.0. The second-order valence-electron chi connectivity index (χ2n) is 4.53. The monoisotopic (exact) mass is 397 g/mol. The summed E-state index contributed by atoms with van der Waals surface area (Å²) >= 11 is 9.14. The first-order chi connectivity index (χ1) is 9.78. The van der Waals surface area contributed by atoms with Crippen molar-refractivity contribution in [2.45, 2.75) is 23.8 Å². The number of hydrogen-bond acceptors (Lipinski definition) is 4. The Morgan fingerprint density at radius 3 is 2.76 bits per heavy atom. The van der Waals surface area contributed by atoms with Gasteiger partial charge in [-0.15, -0.1) is 0 Å².